The number of nitrogens with two attached hydrogens (primary N) is 2. The summed E-state index contributed by atoms with van der Waals surface area (Å²) in [4.78, 5) is 32.2. The van der Waals surface area contributed by atoms with Crippen LogP contribution in [0.15, 0.2) is 82.4 Å². The Hall–Kier alpha value is -5.34. The predicted molar refractivity (Wildman–Crippen MR) is 216 cm³/mol. The fourth-order valence-corrected chi connectivity index (χ4v) is 7.56. The fraction of sp³-hybridized carbons (Fsp3) is 0.333. The molecule has 0 radical (unpaired) electrons. The third kappa shape index (κ3) is 6.59. The minimum absolute atomic E-state index is 0. The smallest absolute Gasteiger partial charge is 0.199 e. The molecule has 1 fully saturated rings. The molecule has 0 atom stereocenters. The van der Waals surface area contributed by atoms with Gasteiger partial charge in [0.1, 0.15) is 11.0 Å². The van der Waals surface area contributed by atoms with E-state index in [1.165, 1.54) is 0 Å². The zero-order valence-corrected chi connectivity index (χ0v) is 29.2. The molecular formula is C39H49N11O2. The molecule has 4 aromatic carbocycles. The van der Waals surface area contributed by atoms with Gasteiger partial charge in [0, 0.05) is 75.5 Å². The lowest BCUT2D eigenvalue weighted by Crippen LogP contribution is -2.47. The highest BCUT2D eigenvalue weighted by molar-refractivity contribution is 6.07. The van der Waals surface area contributed by atoms with E-state index in [-0.39, 0.29) is 18.3 Å². The van der Waals surface area contributed by atoms with Gasteiger partial charge in [0.2, 0.25) is 0 Å². The number of fused-ring (bicyclic) bond motifs is 4. The molecule has 7 aromatic rings. The number of anilines is 3. The number of nitrogens with one attached hydrogen (secondary N) is 3. The van der Waals surface area contributed by atoms with E-state index < -0.39 is 0 Å². The Morgan fingerprint density at radius 1 is 0.673 bits per heavy atom. The maximum absolute atomic E-state index is 13.6. The summed E-state index contributed by atoms with van der Waals surface area (Å²) in [6.07, 6.45) is 1.98. The molecule has 1 aliphatic heterocycles. The molecule has 0 amide bonds. The molecule has 1 saturated heterocycles. The van der Waals surface area contributed by atoms with Gasteiger partial charge in [0.05, 0.1) is 33.0 Å². The van der Waals surface area contributed by atoms with Crippen LogP contribution in [0.5, 0.6) is 0 Å². The van der Waals surface area contributed by atoms with Crippen molar-refractivity contribution in [3.8, 4) is 0 Å². The number of rotatable bonds is 11. The van der Waals surface area contributed by atoms with Gasteiger partial charge >= 0.3 is 0 Å². The van der Waals surface area contributed by atoms with Crippen LogP contribution in [0.2, 0.25) is 0 Å². The van der Waals surface area contributed by atoms with Crippen LogP contribution in [0.1, 0.15) is 20.3 Å². The van der Waals surface area contributed by atoms with Crippen LogP contribution < -0.4 is 38.5 Å². The van der Waals surface area contributed by atoms with Crippen molar-refractivity contribution in [3.05, 3.63) is 93.2 Å². The van der Waals surface area contributed by atoms with E-state index in [0.29, 0.717) is 10.8 Å². The molecule has 8 rings (SSSR count). The van der Waals surface area contributed by atoms with Gasteiger partial charge in [0.15, 0.2) is 10.9 Å². The topological polar surface area (TPSA) is 164 Å². The zero-order valence-electron chi connectivity index (χ0n) is 29.2. The SMILES string of the molecule is C.CNc1ccc(NCCCN2CCN(CCCNc3ccc4nnn5c6ccccc6c(=O)c3c45)CC2)c2c(=O)c3ccccc3n(C)c12.NN. The molecule has 7 N–H and O–H groups in total. The number of hydrogen-bond acceptors (Lipinski definition) is 11. The monoisotopic (exact) mass is 703 g/mol. The van der Waals surface area contributed by atoms with Crippen LogP contribution in [0, 0.1) is 0 Å². The average molecular weight is 704 g/mol. The molecule has 4 heterocycles. The largest absolute Gasteiger partial charge is 0.386 e. The van der Waals surface area contributed by atoms with E-state index in [0.717, 1.165) is 121 Å². The Morgan fingerprint density at radius 3 is 1.77 bits per heavy atom. The average Bonchev–Trinajstić information content (AvgIpc) is 3.62. The number of hydrazine groups is 1. The molecule has 0 spiro atoms. The van der Waals surface area contributed by atoms with Crippen molar-refractivity contribution in [2.24, 2.45) is 18.7 Å². The van der Waals surface area contributed by atoms with Gasteiger partial charge in [-0.1, -0.05) is 36.9 Å². The van der Waals surface area contributed by atoms with Gasteiger partial charge in [-0.25, -0.2) is 4.52 Å². The molecule has 0 aliphatic carbocycles. The van der Waals surface area contributed by atoms with Crippen LogP contribution in [-0.4, -0.2) is 88.6 Å². The minimum Gasteiger partial charge on any atom is -0.386 e. The first-order valence-electron chi connectivity index (χ1n) is 17.5. The molecule has 52 heavy (non-hydrogen) atoms. The standard InChI is InChI=1S/C38H41N9O2.CH4.H4N2/c1-39-29-15-13-27(33-35(29)44(2)31-11-5-3-9-25(31)37(33)48)40-17-7-19-45-21-23-46(24-22-45)20-8-18-41-28-14-16-30-36-34(28)38(49)26-10-4-6-12-32(26)47(36)43-42-30;;1-2/h3-6,9-16,39-41H,7-8,17-24H2,1-2H3;1H4;1-2H2. The van der Waals surface area contributed by atoms with Crippen molar-refractivity contribution < 1.29 is 0 Å². The number of aryl methyl sites for hydroxylation is 1. The predicted octanol–water partition coefficient (Wildman–Crippen LogP) is 4.26. The third-order valence-electron chi connectivity index (χ3n) is 10.1. The van der Waals surface area contributed by atoms with Gasteiger partial charge in [-0.3, -0.25) is 21.3 Å². The lowest BCUT2D eigenvalue weighted by Gasteiger charge is -2.34. The van der Waals surface area contributed by atoms with E-state index in [4.69, 9.17) is 0 Å². The Kier molecular flexibility index (Phi) is 11.2. The summed E-state index contributed by atoms with van der Waals surface area (Å²) >= 11 is 0. The van der Waals surface area contributed by atoms with Crippen molar-refractivity contribution >= 4 is 66.2 Å². The second-order valence-electron chi connectivity index (χ2n) is 13.0. The number of piperazine rings is 1. The van der Waals surface area contributed by atoms with Gasteiger partial charge in [0.25, 0.3) is 0 Å². The zero-order chi connectivity index (χ0) is 35.5. The molecule has 3 aromatic heterocycles. The highest BCUT2D eigenvalue weighted by Crippen LogP contribution is 2.30. The van der Waals surface area contributed by atoms with Crippen LogP contribution in [0.3, 0.4) is 0 Å². The molecular weight excluding hydrogens is 655 g/mol. The fourth-order valence-electron chi connectivity index (χ4n) is 7.56. The van der Waals surface area contributed by atoms with E-state index in [1.54, 1.807) is 4.52 Å². The Labute approximate surface area is 302 Å². The molecule has 13 heteroatoms. The van der Waals surface area contributed by atoms with Gasteiger partial charge in [-0.15, -0.1) is 5.10 Å². The first kappa shape index (κ1) is 36.5. The molecule has 0 saturated carbocycles. The summed E-state index contributed by atoms with van der Waals surface area (Å²) in [5.41, 5.74) is 6.89. The Balaban J connectivity index is 0.00000152. The van der Waals surface area contributed by atoms with Crippen molar-refractivity contribution in [1.29, 1.82) is 0 Å². The highest BCUT2D eigenvalue weighted by Gasteiger charge is 2.19. The lowest BCUT2D eigenvalue weighted by molar-refractivity contribution is 0.132. The number of nitrogens with zero attached hydrogens (tertiary/aromatic N) is 6. The first-order chi connectivity index (χ1) is 25.0. The lowest BCUT2D eigenvalue weighted by atomic mass is 10.1. The Morgan fingerprint density at radius 2 is 1.17 bits per heavy atom. The van der Waals surface area contributed by atoms with Crippen molar-refractivity contribution in [2.75, 3.05) is 75.4 Å². The summed E-state index contributed by atoms with van der Waals surface area (Å²) in [7, 11) is 3.92. The summed E-state index contributed by atoms with van der Waals surface area (Å²) in [5, 5.41) is 21.8. The number of aromatic nitrogens is 4. The quantitative estimate of drug-likeness (QED) is 0.0566. The van der Waals surface area contributed by atoms with Gasteiger partial charge in [-0.05, 0) is 74.5 Å². The van der Waals surface area contributed by atoms with Crippen molar-refractivity contribution in [1.82, 2.24) is 29.2 Å². The van der Waals surface area contributed by atoms with Gasteiger partial charge in [-0.2, -0.15) is 0 Å². The van der Waals surface area contributed by atoms with E-state index in [9.17, 15) is 9.59 Å². The second kappa shape index (κ2) is 15.9. The summed E-state index contributed by atoms with van der Waals surface area (Å²) in [5.74, 6) is 8.00. The van der Waals surface area contributed by atoms with Crippen LogP contribution in [0.25, 0.3) is 49.1 Å². The van der Waals surface area contributed by atoms with E-state index in [2.05, 4.69) is 58.4 Å². The van der Waals surface area contributed by atoms with Crippen LogP contribution >= 0.6 is 0 Å². The maximum Gasteiger partial charge on any atom is 0.199 e. The number of hydrogen-bond donors (Lipinski definition) is 5. The third-order valence-corrected chi connectivity index (χ3v) is 10.1. The second-order valence-corrected chi connectivity index (χ2v) is 13.0. The first-order valence-corrected chi connectivity index (χ1v) is 17.5. The maximum atomic E-state index is 13.6. The number of para-hydroxylation sites is 2. The highest BCUT2D eigenvalue weighted by atomic mass is 16.1. The molecule has 0 bridgehead atoms. The Bertz CT molecular complexity index is 2430. The molecule has 13 nitrogen and oxygen atoms in total. The molecule has 0 unspecified atom stereocenters. The minimum atomic E-state index is 0. The summed E-state index contributed by atoms with van der Waals surface area (Å²) < 4.78 is 3.90. The molecule has 272 valence electrons. The molecule has 1 aliphatic rings. The number of pyridine rings is 2. The summed E-state index contributed by atoms with van der Waals surface area (Å²) in [6, 6.07) is 23.4. The van der Waals surface area contributed by atoms with Crippen molar-refractivity contribution in [2.45, 2.75) is 20.3 Å². The summed E-state index contributed by atoms with van der Waals surface area (Å²) in [6.45, 7) is 7.79. The number of benzene rings is 4. The van der Waals surface area contributed by atoms with Gasteiger partial charge < -0.3 is 30.3 Å². The van der Waals surface area contributed by atoms with E-state index in [1.807, 2.05) is 80.8 Å². The van der Waals surface area contributed by atoms with Crippen molar-refractivity contribution in [3.63, 3.8) is 0 Å². The normalized spacial score (nSPS) is 13.8. The van der Waals surface area contributed by atoms with Crippen LogP contribution in [0.4, 0.5) is 17.1 Å². The van der Waals surface area contributed by atoms with Crippen LogP contribution in [-0.2, 0) is 7.05 Å². The van der Waals surface area contributed by atoms with E-state index >= 15 is 0 Å².